The Morgan fingerprint density at radius 1 is 1.43 bits per heavy atom. The van der Waals surface area contributed by atoms with Crippen molar-refractivity contribution in [2.75, 3.05) is 20.2 Å². The molecule has 1 aliphatic carbocycles. The van der Waals surface area contributed by atoms with Crippen LogP contribution in [-0.2, 0) is 9.53 Å². The molecule has 4 heteroatoms. The van der Waals surface area contributed by atoms with Crippen LogP contribution in [0.1, 0.15) is 19.3 Å². The van der Waals surface area contributed by atoms with Crippen LogP contribution in [0.3, 0.4) is 0 Å². The van der Waals surface area contributed by atoms with E-state index in [0.29, 0.717) is 0 Å². The van der Waals surface area contributed by atoms with Crippen molar-refractivity contribution in [3.05, 3.63) is 0 Å². The highest BCUT2D eigenvalue weighted by Gasteiger charge is 2.38. The first-order chi connectivity index (χ1) is 6.72. The van der Waals surface area contributed by atoms with Crippen molar-refractivity contribution >= 4 is 5.97 Å². The largest absolute Gasteiger partial charge is 0.469 e. The monoisotopic (exact) mass is 198 g/mol. The number of nitrogens with zero attached hydrogens (tertiary/aromatic N) is 1. The van der Waals surface area contributed by atoms with Crippen molar-refractivity contribution in [1.29, 1.82) is 0 Å². The quantitative estimate of drug-likeness (QED) is 0.633. The van der Waals surface area contributed by atoms with Gasteiger partial charge in [-0.2, -0.15) is 0 Å². The molecule has 1 heterocycles. The van der Waals surface area contributed by atoms with E-state index in [-0.39, 0.29) is 17.9 Å². The van der Waals surface area contributed by atoms with E-state index in [2.05, 4.69) is 4.90 Å². The Labute approximate surface area is 84.4 Å². The third-order valence-electron chi connectivity index (χ3n) is 3.26. The summed E-state index contributed by atoms with van der Waals surface area (Å²) in [7, 11) is 1.43. The molecule has 0 aromatic rings. The molecule has 0 spiro atoms. The molecule has 0 radical (unpaired) electrons. The molecule has 2 rings (SSSR count). The molecule has 80 valence electrons. The van der Waals surface area contributed by atoms with E-state index in [1.807, 2.05) is 0 Å². The van der Waals surface area contributed by atoms with Crippen molar-refractivity contribution in [2.45, 2.75) is 31.3 Å². The maximum absolute atomic E-state index is 11.3. The van der Waals surface area contributed by atoms with Gasteiger partial charge in [-0.15, -0.1) is 0 Å². The van der Waals surface area contributed by atoms with Crippen molar-refractivity contribution in [3.63, 3.8) is 0 Å². The molecular formula is C10H18N2O2. The highest BCUT2D eigenvalue weighted by atomic mass is 16.5. The molecule has 2 unspecified atom stereocenters. The van der Waals surface area contributed by atoms with Crippen molar-refractivity contribution in [2.24, 2.45) is 11.7 Å². The average Bonchev–Trinajstić information content (AvgIpc) is 3.00. The number of likely N-dealkylation sites (tertiary alicyclic amines) is 1. The molecule has 2 atom stereocenters. The van der Waals surface area contributed by atoms with Gasteiger partial charge in [-0.25, -0.2) is 0 Å². The number of hydrogen-bond donors (Lipinski definition) is 1. The molecule has 2 aliphatic rings. The molecule has 4 nitrogen and oxygen atoms in total. The van der Waals surface area contributed by atoms with Gasteiger partial charge in [-0.1, -0.05) is 0 Å². The molecule has 1 saturated carbocycles. The van der Waals surface area contributed by atoms with E-state index in [0.717, 1.165) is 25.6 Å². The van der Waals surface area contributed by atoms with E-state index in [1.54, 1.807) is 0 Å². The van der Waals surface area contributed by atoms with Crippen LogP contribution in [0.15, 0.2) is 0 Å². The van der Waals surface area contributed by atoms with Crippen molar-refractivity contribution < 1.29 is 9.53 Å². The number of esters is 1. The maximum atomic E-state index is 11.3. The normalized spacial score (nSPS) is 34.1. The topological polar surface area (TPSA) is 55.6 Å². The smallest absolute Gasteiger partial charge is 0.310 e. The molecule has 0 amide bonds. The van der Waals surface area contributed by atoms with E-state index < -0.39 is 0 Å². The van der Waals surface area contributed by atoms with Gasteiger partial charge in [0.1, 0.15) is 0 Å². The highest BCUT2D eigenvalue weighted by Crippen LogP contribution is 2.30. The molecule has 0 aromatic carbocycles. The Morgan fingerprint density at radius 2 is 2.14 bits per heavy atom. The van der Waals surface area contributed by atoms with Gasteiger partial charge in [-0.05, 0) is 25.8 Å². The predicted molar refractivity (Wildman–Crippen MR) is 52.7 cm³/mol. The summed E-state index contributed by atoms with van der Waals surface area (Å²) in [5.41, 5.74) is 5.97. The minimum Gasteiger partial charge on any atom is -0.469 e. The van der Waals surface area contributed by atoms with E-state index in [1.165, 1.54) is 20.0 Å². The number of hydrogen-bond acceptors (Lipinski definition) is 4. The lowest BCUT2D eigenvalue weighted by Gasteiger charge is -2.35. The Hall–Kier alpha value is -0.610. The first-order valence-electron chi connectivity index (χ1n) is 5.30. The number of nitrogens with two attached hydrogens (primary N) is 1. The summed E-state index contributed by atoms with van der Waals surface area (Å²) in [5.74, 6) is -0.233. The molecule has 2 N–H and O–H groups in total. The Balaban J connectivity index is 1.89. The van der Waals surface area contributed by atoms with Crippen LogP contribution in [0, 0.1) is 5.92 Å². The van der Waals surface area contributed by atoms with Crippen LogP contribution >= 0.6 is 0 Å². The lowest BCUT2D eigenvalue weighted by molar-refractivity contribution is -0.147. The number of piperidine rings is 1. The number of rotatable bonds is 2. The first-order valence-corrected chi connectivity index (χ1v) is 5.30. The zero-order valence-corrected chi connectivity index (χ0v) is 8.61. The zero-order chi connectivity index (χ0) is 10.1. The average molecular weight is 198 g/mol. The standard InChI is InChI=1S/C10H18N2O2/c1-14-10(13)8-4-5-12(6-9(8)11)7-2-3-7/h7-9H,2-6,11H2,1H3. The van der Waals surface area contributed by atoms with Crippen LogP contribution < -0.4 is 5.73 Å². The number of ether oxygens (including phenoxy) is 1. The van der Waals surface area contributed by atoms with Crippen LogP contribution in [0.25, 0.3) is 0 Å². The second-order valence-corrected chi connectivity index (χ2v) is 4.31. The van der Waals surface area contributed by atoms with Crippen LogP contribution in [0.2, 0.25) is 0 Å². The molecular weight excluding hydrogens is 180 g/mol. The van der Waals surface area contributed by atoms with E-state index >= 15 is 0 Å². The third-order valence-corrected chi connectivity index (χ3v) is 3.26. The van der Waals surface area contributed by atoms with Crippen LogP contribution in [-0.4, -0.2) is 43.2 Å². The predicted octanol–water partition coefficient (Wildman–Crippen LogP) is -0.0290. The summed E-state index contributed by atoms with van der Waals surface area (Å²) in [4.78, 5) is 13.8. The molecule has 1 saturated heterocycles. The molecule has 0 bridgehead atoms. The Bertz CT molecular complexity index is 228. The highest BCUT2D eigenvalue weighted by molar-refractivity contribution is 5.73. The lowest BCUT2D eigenvalue weighted by atomic mass is 9.92. The van der Waals surface area contributed by atoms with Crippen LogP contribution in [0.5, 0.6) is 0 Å². The van der Waals surface area contributed by atoms with Crippen molar-refractivity contribution in [3.8, 4) is 0 Å². The molecule has 1 aliphatic heterocycles. The number of methoxy groups -OCH3 is 1. The fourth-order valence-corrected chi connectivity index (χ4v) is 2.22. The second kappa shape index (κ2) is 3.87. The lowest BCUT2D eigenvalue weighted by Crippen LogP contribution is -2.51. The third kappa shape index (κ3) is 1.91. The van der Waals surface area contributed by atoms with Gasteiger partial charge in [0.15, 0.2) is 0 Å². The number of carbonyl (C=O) groups excluding carboxylic acids is 1. The summed E-state index contributed by atoms with van der Waals surface area (Å²) in [6.07, 6.45) is 3.45. The van der Waals surface area contributed by atoms with E-state index in [4.69, 9.17) is 10.5 Å². The summed E-state index contributed by atoms with van der Waals surface area (Å²) >= 11 is 0. The molecule has 2 fully saturated rings. The Kier molecular flexibility index (Phi) is 2.74. The molecule has 14 heavy (non-hydrogen) atoms. The minimum atomic E-state index is -0.145. The summed E-state index contributed by atoms with van der Waals surface area (Å²) in [6, 6.07) is 0.705. The first kappa shape index (κ1) is 9.93. The fraction of sp³-hybridized carbons (Fsp3) is 0.900. The van der Waals surface area contributed by atoms with Gasteiger partial charge in [0.2, 0.25) is 0 Å². The zero-order valence-electron chi connectivity index (χ0n) is 8.61. The van der Waals surface area contributed by atoms with Gasteiger partial charge >= 0.3 is 5.97 Å². The van der Waals surface area contributed by atoms with Gasteiger partial charge in [-0.3, -0.25) is 9.69 Å². The SMILES string of the molecule is COC(=O)C1CCN(C2CC2)CC1N. The summed E-state index contributed by atoms with van der Waals surface area (Å²) in [6.45, 7) is 1.85. The van der Waals surface area contributed by atoms with Crippen molar-refractivity contribution in [1.82, 2.24) is 4.90 Å². The van der Waals surface area contributed by atoms with Gasteiger partial charge in [0.05, 0.1) is 13.0 Å². The van der Waals surface area contributed by atoms with Crippen LogP contribution in [0.4, 0.5) is 0 Å². The summed E-state index contributed by atoms with van der Waals surface area (Å²) in [5, 5.41) is 0. The van der Waals surface area contributed by atoms with Gasteiger partial charge < -0.3 is 10.5 Å². The Morgan fingerprint density at radius 3 is 2.64 bits per heavy atom. The number of carbonyl (C=O) groups is 1. The fourth-order valence-electron chi connectivity index (χ4n) is 2.22. The molecule has 0 aromatic heterocycles. The van der Waals surface area contributed by atoms with E-state index in [9.17, 15) is 4.79 Å². The van der Waals surface area contributed by atoms with Gasteiger partial charge in [0, 0.05) is 18.6 Å². The summed E-state index contributed by atoms with van der Waals surface area (Å²) < 4.78 is 4.73. The minimum absolute atomic E-state index is 0.0446. The second-order valence-electron chi connectivity index (χ2n) is 4.31. The van der Waals surface area contributed by atoms with Gasteiger partial charge in [0.25, 0.3) is 0 Å². The maximum Gasteiger partial charge on any atom is 0.310 e.